The lowest BCUT2D eigenvalue weighted by Crippen LogP contribution is -2.04. The van der Waals surface area contributed by atoms with Crippen molar-refractivity contribution in [2.45, 2.75) is 6.54 Å². The van der Waals surface area contributed by atoms with Crippen LogP contribution in [-0.4, -0.2) is 19.5 Å². The number of pyridine rings is 2. The number of aromatic nitrogens is 4. The monoisotopic (exact) mass is 225 g/mol. The molecule has 5 heteroatoms. The van der Waals surface area contributed by atoms with Gasteiger partial charge in [0.1, 0.15) is 5.52 Å². The van der Waals surface area contributed by atoms with Crippen molar-refractivity contribution in [3.8, 4) is 0 Å². The Bertz CT molecular complexity index is 644. The van der Waals surface area contributed by atoms with Gasteiger partial charge in [0.2, 0.25) is 5.95 Å². The van der Waals surface area contributed by atoms with Crippen LogP contribution in [0.1, 0.15) is 5.56 Å². The van der Waals surface area contributed by atoms with Gasteiger partial charge in [-0.15, -0.1) is 0 Å². The van der Waals surface area contributed by atoms with Crippen LogP contribution in [0.2, 0.25) is 0 Å². The van der Waals surface area contributed by atoms with Gasteiger partial charge in [0.25, 0.3) is 0 Å². The van der Waals surface area contributed by atoms with Gasteiger partial charge in [-0.2, -0.15) is 0 Å². The fraction of sp³-hybridized carbons (Fsp3) is 0.0833. The van der Waals surface area contributed by atoms with Gasteiger partial charge in [0, 0.05) is 18.6 Å². The number of imidazole rings is 1. The van der Waals surface area contributed by atoms with E-state index >= 15 is 0 Å². The summed E-state index contributed by atoms with van der Waals surface area (Å²) in [5, 5.41) is 0. The zero-order chi connectivity index (χ0) is 11.7. The Kier molecular flexibility index (Phi) is 2.22. The summed E-state index contributed by atoms with van der Waals surface area (Å²) in [4.78, 5) is 12.3. The van der Waals surface area contributed by atoms with E-state index in [0.29, 0.717) is 12.5 Å². The van der Waals surface area contributed by atoms with Gasteiger partial charge < -0.3 is 10.3 Å². The van der Waals surface area contributed by atoms with E-state index in [9.17, 15) is 0 Å². The third kappa shape index (κ3) is 1.71. The Labute approximate surface area is 98.0 Å². The summed E-state index contributed by atoms with van der Waals surface area (Å²) in [7, 11) is 0. The third-order valence-electron chi connectivity index (χ3n) is 2.67. The normalized spacial score (nSPS) is 10.8. The van der Waals surface area contributed by atoms with Crippen molar-refractivity contribution in [2.24, 2.45) is 0 Å². The maximum Gasteiger partial charge on any atom is 0.201 e. The Balaban J connectivity index is 2.08. The lowest BCUT2D eigenvalue weighted by atomic mass is 10.2. The van der Waals surface area contributed by atoms with E-state index in [1.807, 2.05) is 22.8 Å². The molecule has 0 bridgehead atoms. The number of anilines is 1. The van der Waals surface area contributed by atoms with Gasteiger partial charge in [-0.1, -0.05) is 0 Å². The van der Waals surface area contributed by atoms with Gasteiger partial charge in [-0.05, 0) is 23.8 Å². The first-order valence-electron chi connectivity index (χ1n) is 5.29. The minimum atomic E-state index is 0.504. The first-order valence-corrected chi connectivity index (χ1v) is 5.29. The first kappa shape index (κ1) is 9.77. The molecule has 0 saturated carbocycles. The van der Waals surface area contributed by atoms with Crippen LogP contribution in [0.3, 0.4) is 0 Å². The molecule has 0 aliphatic heterocycles. The molecular formula is C12H11N5. The number of nitrogens with two attached hydrogens (primary N) is 1. The van der Waals surface area contributed by atoms with Crippen LogP contribution in [0.4, 0.5) is 5.95 Å². The Morgan fingerprint density at radius 1 is 1.06 bits per heavy atom. The number of nitrogen functional groups attached to an aromatic ring is 1. The molecular weight excluding hydrogens is 214 g/mol. The molecule has 3 aromatic rings. The molecule has 5 nitrogen and oxygen atoms in total. The van der Waals surface area contributed by atoms with Crippen molar-refractivity contribution in [3.63, 3.8) is 0 Å². The summed E-state index contributed by atoms with van der Waals surface area (Å²) in [6, 6.07) is 5.85. The standard InChI is InChI=1S/C12H11N5/c13-12-16-10-7-15-6-3-11(10)17(12)8-9-1-4-14-5-2-9/h1-7H,8H2,(H2,13,16). The van der Waals surface area contributed by atoms with Crippen molar-refractivity contribution in [3.05, 3.63) is 48.5 Å². The van der Waals surface area contributed by atoms with Gasteiger partial charge in [-0.3, -0.25) is 9.97 Å². The van der Waals surface area contributed by atoms with E-state index in [4.69, 9.17) is 5.73 Å². The highest BCUT2D eigenvalue weighted by atomic mass is 15.2. The average molecular weight is 225 g/mol. The molecule has 0 saturated heterocycles. The van der Waals surface area contributed by atoms with E-state index in [1.54, 1.807) is 24.8 Å². The van der Waals surface area contributed by atoms with Crippen LogP contribution in [-0.2, 0) is 6.54 Å². The number of rotatable bonds is 2. The third-order valence-corrected chi connectivity index (χ3v) is 2.67. The van der Waals surface area contributed by atoms with Crippen LogP contribution < -0.4 is 5.73 Å². The first-order chi connectivity index (χ1) is 8.34. The molecule has 2 N–H and O–H groups in total. The molecule has 3 aromatic heterocycles. The maximum absolute atomic E-state index is 5.91. The summed E-state index contributed by atoms with van der Waals surface area (Å²) >= 11 is 0. The fourth-order valence-electron chi connectivity index (χ4n) is 1.84. The highest BCUT2D eigenvalue weighted by molar-refractivity contribution is 5.77. The SMILES string of the molecule is Nc1nc2cnccc2n1Cc1ccncc1. The average Bonchev–Trinajstić information content (AvgIpc) is 2.68. The summed E-state index contributed by atoms with van der Waals surface area (Å²) < 4.78 is 1.96. The molecule has 0 unspecified atom stereocenters. The Hall–Kier alpha value is -2.43. The second-order valence-corrected chi connectivity index (χ2v) is 3.78. The van der Waals surface area contributed by atoms with Crippen LogP contribution in [0.5, 0.6) is 0 Å². The van der Waals surface area contributed by atoms with Gasteiger partial charge in [0.05, 0.1) is 18.3 Å². The summed E-state index contributed by atoms with van der Waals surface area (Å²) in [5.74, 6) is 0.504. The second kappa shape index (κ2) is 3.86. The van der Waals surface area contributed by atoms with Crippen molar-refractivity contribution in [2.75, 3.05) is 5.73 Å². The molecule has 0 aliphatic carbocycles. The van der Waals surface area contributed by atoms with E-state index < -0.39 is 0 Å². The van der Waals surface area contributed by atoms with Crippen molar-refractivity contribution in [1.82, 2.24) is 19.5 Å². The molecule has 0 atom stereocenters. The molecule has 0 aliphatic rings. The highest BCUT2D eigenvalue weighted by Crippen LogP contribution is 2.17. The highest BCUT2D eigenvalue weighted by Gasteiger charge is 2.07. The predicted octanol–water partition coefficient (Wildman–Crippen LogP) is 1.46. The zero-order valence-corrected chi connectivity index (χ0v) is 9.11. The van der Waals surface area contributed by atoms with Crippen LogP contribution >= 0.6 is 0 Å². The molecule has 0 radical (unpaired) electrons. The number of nitrogens with zero attached hydrogens (tertiary/aromatic N) is 4. The predicted molar refractivity (Wildman–Crippen MR) is 65.3 cm³/mol. The van der Waals surface area contributed by atoms with Gasteiger partial charge >= 0.3 is 0 Å². The fourth-order valence-corrected chi connectivity index (χ4v) is 1.84. The second-order valence-electron chi connectivity index (χ2n) is 3.78. The molecule has 3 heterocycles. The Morgan fingerprint density at radius 2 is 1.82 bits per heavy atom. The minimum absolute atomic E-state index is 0.504. The summed E-state index contributed by atoms with van der Waals surface area (Å²) in [6.45, 7) is 0.689. The summed E-state index contributed by atoms with van der Waals surface area (Å²) in [5.41, 5.74) is 8.86. The summed E-state index contributed by atoms with van der Waals surface area (Å²) in [6.07, 6.45) is 7.00. The topological polar surface area (TPSA) is 69.6 Å². The molecule has 0 amide bonds. The largest absolute Gasteiger partial charge is 0.369 e. The van der Waals surface area contributed by atoms with Crippen molar-refractivity contribution < 1.29 is 0 Å². The van der Waals surface area contributed by atoms with Crippen LogP contribution in [0, 0.1) is 0 Å². The lowest BCUT2D eigenvalue weighted by Gasteiger charge is -2.05. The van der Waals surface area contributed by atoms with Gasteiger partial charge in [-0.25, -0.2) is 4.98 Å². The van der Waals surface area contributed by atoms with Crippen LogP contribution in [0.15, 0.2) is 43.0 Å². The Morgan fingerprint density at radius 3 is 2.65 bits per heavy atom. The number of hydrogen-bond acceptors (Lipinski definition) is 4. The minimum Gasteiger partial charge on any atom is -0.369 e. The van der Waals surface area contributed by atoms with Crippen molar-refractivity contribution in [1.29, 1.82) is 0 Å². The molecule has 0 fully saturated rings. The molecule has 0 spiro atoms. The van der Waals surface area contributed by atoms with Gasteiger partial charge in [0.15, 0.2) is 0 Å². The smallest absolute Gasteiger partial charge is 0.201 e. The molecule has 17 heavy (non-hydrogen) atoms. The van der Waals surface area contributed by atoms with Crippen LogP contribution in [0.25, 0.3) is 11.0 Å². The number of fused-ring (bicyclic) bond motifs is 1. The molecule has 0 aromatic carbocycles. The van der Waals surface area contributed by atoms with E-state index in [1.165, 1.54) is 0 Å². The maximum atomic E-state index is 5.91. The van der Waals surface area contributed by atoms with E-state index in [0.717, 1.165) is 16.6 Å². The lowest BCUT2D eigenvalue weighted by molar-refractivity contribution is 0.836. The van der Waals surface area contributed by atoms with E-state index in [-0.39, 0.29) is 0 Å². The number of hydrogen-bond donors (Lipinski definition) is 1. The molecule has 84 valence electrons. The van der Waals surface area contributed by atoms with Crippen molar-refractivity contribution >= 4 is 17.0 Å². The zero-order valence-electron chi connectivity index (χ0n) is 9.11. The molecule has 3 rings (SSSR count). The van der Waals surface area contributed by atoms with E-state index in [2.05, 4.69) is 15.0 Å². The quantitative estimate of drug-likeness (QED) is 0.716.